The topological polar surface area (TPSA) is 261 Å². The highest BCUT2D eigenvalue weighted by atomic mass is 32.2. The summed E-state index contributed by atoms with van der Waals surface area (Å²) in [6.45, 7) is 86.3. The molecule has 0 radical (unpaired) electrons. The minimum absolute atomic E-state index is 0.0147. The van der Waals surface area contributed by atoms with E-state index in [9.17, 15) is 15.3 Å². The van der Waals surface area contributed by atoms with Crippen LogP contribution in [0.3, 0.4) is 0 Å². The standard InChI is InChI=1S/C93H170O23SSi10/c1-48-50-90(113-120(28,29)30)84(111-126(44,45)88(9,10)11)79(109-124(40,41)86(3,4)5)71(107-118(22,23)24)58-52-56-60(82(97)92(58,90)115-122(34,35)36)69(95)63-62(68(56)94)75(101-17)76(102-18)65(73(63)105-54-99-15)66-74(106-55-100-16)64-67(78(104-20)77(66)103-19)81(117-21)57-53-59-72(108-119(25,26)27)80(110-125(42,43)87(6,7)8)85(112-127(46,47)89(12,13)14)91(51-49-2,114-121(31,32)33)93(59,116-123(37,38)39)83(98)61(57)70(64)96/h57-59,71-72,79-81,84-85,94-96H,48-55H2,1-47H3/t57?,58-,59-,71+,72+,79-,80-,81?,84+,85+,90+,91+,92-,93-/m1/s1. The number of benzene rings is 3. The van der Waals surface area contributed by atoms with Crippen molar-refractivity contribution in [1.29, 1.82) is 0 Å². The molecule has 0 amide bonds. The minimum atomic E-state index is -3.14. The zero-order chi connectivity index (χ0) is 97.4. The third-order valence-electron chi connectivity index (χ3n) is 27.9. The van der Waals surface area contributed by atoms with Crippen LogP contribution in [0.4, 0.5) is 0 Å². The Bertz CT molecular complexity index is 4530. The van der Waals surface area contributed by atoms with Crippen LogP contribution in [0, 0.1) is 17.8 Å². The molecule has 0 spiro atoms. The van der Waals surface area contributed by atoms with Crippen molar-refractivity contribution in [2.24, 2.45) is 17.8 Å². The van der Waals surface area contributed by atoms with Gasteiger partial charge in [0.05, 0.1) is 85.9 Å². The Kier molecular flexibility index (Phi) is 32.2. The third kappa shape index (κ3) is 20.2. The van der Waals surface area contributed by atoms with Gasteiger partial charge in [-0.15, -0.1) is 0 Å². The summed E-state index contributed by atoms with van der Waals surface area (Å²) in [6, 6.07) is 0. The molecule has 127 heavy (non-hydrogen) atoms. The van der Waals surface area contributed by atoms with E-state index in [1.54, 1.807) is 0 Å². The molecule has 34 heteroatoms. The maximum Gasteiger partial charge on any atom is 0.201 e. The first kappa shape index (κ1) is 110. The lowest BCUT2D eigenvalue weighted by atomic mass is 9.51. The van der Waals surface area contributed by atoms with Crippen molar-refractivity contribution in [2.75, 3.05) is 62.5 Å². The summed E-state index contributed by atoms with van der Waals surface area (Å²) >= 11 is 1.48. The quantitative estimate of drug-likeness (QED) is 0.0277. The zero-order valence-corrected chi connectivity index (χ0v) is 98.2. The number of aliphatic hydroxyl groups excluding tert-OH is 1. The van der Waals surface area contributed by atoms with E-state index in [0.717, 1.165) is 0 Å². The highest BCUT2D eigenvalue weighted by molar-refractivity contribution is 7.98. The number of phenolic OH excluding ortho intramolecular Hbond substituents is 2. The second-order valence-electron chi connectivity index (χ2n) is 48.3. The van der Waals surface area contributed by atoms with E-state index in [1.165, 1.54) is 54.4 Å². The Morgan fingerprint density at radius 2 is 0.732 bits per heavy atom. The molecule has 3 aromatic carbocycles. The maximum atomic E-state index is 18.7. The highest BCUT2D eigenvalue weighted by Crippen LogP contribution is 2.72. The van der Waals surface area contributed by atoms with Gasteiger partial charge in [-0.2, -0.15) is 11.8 Å². The molecule has 8 rings (SSSR count). The first-order valence-electron chi connectivity index (χ1n) is 46.1. The number of phenols is 2. The summed E-state index contributed by atoms with van der Waals surface area (Å²) in [4.78, 5) is 37.2. The lowest BCUT2D eigenvalue weighted by Crippen LogP contribution is -2.85. The van der Waals surface area contributed by atoms with Crippen LogP contribution in [0.1, 0.15) is 161 Å². The van der Waals surface area contributed by atoms with E-state index in [-0.39, 0.29) is 118 Å². The molecule has 0 bridgehead atoms. The average Bonchev–Trinajstić information content (AvgIpc) is 0.666. The second kappa shape index (κ2) is 37.3. The van der Waals surface area contributed by atoms with E-state index in [2.05, 4.69) is 267 Å². The van der Waals surface area contributed by atoms with Gasteiger partial charge in [0.25, 0.3) is 0 Å². The molecule has 2 unspecified atom stereocenters. The van der Waals surface area contributed by atoms with Gasteiger partial charge < -0.3 is 97.5 Å². The fraction of sp³-hybridized carbons (Fsp3) is 0.785. The van der Waals surface area contributed by atoms with Crippen LogP contribution < -0.4 is 28.4 Å². The number of aromatic hydroxyl groups is 2. The van der Waals surface area contributed by atoms with Gasteiger partial charge in [0.15, 0.2) is 137 Å². The second-order valence-corrected chi connectivity index (χ2v) is 95.0. The number of Topliss-reactive ketones (excluding diaryl/α,β-unsaturated/α-hetero) is 2. The van der Waals surface area contributed by atoms with Gasteiger partial charge in [-0.3, -0.25) is 9.59 Å². The highest BCUT2D eigenvalue weighted by Gasteiger charge is 2.81. The van der Waals surface area contributed by atoms with Crippen molar-refractivity contribution in [1.82, 2.24) is 0 Å². The van der Waals surface area contributed by atoms with Gasteiger partial charge in [0, 0.05) is 53.9 Å². The number of rotatable bonds is 36. The fourth-order valence-corrected chi connectivity index (χ4v) is 33.7. The number of methoxy groups -OCH3 is 6. The molecule has 3 saturated carbocycles. The monoisotopic (exact) mass is 1970 g/mol. The van der Waals surface area contributed by atoms with Crippen molar-refractivity contribution >= 4 is 123 Å². The number of hydrogen-bond donors (Lipinski definition) is 3. The van der Waals surface area contributed by atoms with E-state index in [4.69, 9.17) is 82.2 Å². The number of carbonyl (C=O) groups is 2. The number of aliphatic hydroxyl groups is 1. The number of thioether (sulfide) groups is 1. The van der Waals surface area contributed by atoms with Crippen LogP contribution in [0.25, 0.3) is 27.7 Å². The van der Waals surface area contributed by atoms with Gasteiger partial charge in [0.1, 0.15) is 52.2 Å². The molecule has 0 heterocycles. The van der Waals surface area contributed by atoms with Crippen molar-refractivity contribution in [3.05, 3.63) is 27.8 Å². The van der Waals surface area contributed by atoms with Crippen LogP contribution in [-0.2, 0) is 64.9 Å². The summed E-state index contributed by atoms with van der Waals surface area (Å²) in [7, 11) is -20.6. The van der Waals surface area contributed by atoms with Crippen LogP contribution in [0.15, 0.2) is 5.57 Å². The van der Waals surface area contributed by atoms with Crippen LogP contribution in [-0.4, -0.2) is 232 Å². The number of ether oxygens (including phenoxy) is 8. The molecule has 3 fully saturated rings. The van der Waals surface area contributed by atoms with E-state index in [0.29, 0.717) is 24.8 Å². The Labute approximate surface area is 779 Å². The summed E-state index contributed by atoms with van der Waals surface area (Å²) in [6.07, 6.45) is -1.74. The SMILES string of the molecule is CCC[C@]1(O[Si](C)(C)C)[C@@H](O[Si](C)(C)C(C)(C)C)[C@H](O[Si](C)(C)C(C)(C)C)[C@@H](O[Si](C)(C)C)[C@H]2CC3C(=C(O)c4c(OCOC)c(-c5c(OC)c(OC)c6c(O)c7c(c(O)c6c5OCOC)C(=O)[C@]5(O[Si](C)(C)C)[C@H](C7)[C@H](O[Si](C)(C)C)[C@@H](O[Si](C)(C)C(C)(C)C)[C@H](O[Si](C)(C)C(C)(C)C)[C@]5(CCC)O[Si](C)(C)C)c(OC)c(OC)c4C3SC)C(=O)[C@]21O[Si](C)(C)C. The summed E-state index contributed by atoms with van der Waals surface area (Å²) in [5, 5.41) is 41.4. The molecular formula is C93H170O23SSi10. The molecule has 14 atom stereocenters. The van der Waals surface area contributed by atoms with Crippen molar-refractivity contribution < 1.29 is 107 Å². The Morgan fingerprint density at radius 3 is 1.08 bits per heavy atom. The number of carbonyl (C=O) groups excluding carboxylic acids is 2. The van der Waals surface area contributed by atoms with Crippen molar-refractivity contribution in [2.45, 2.75) is 390 Å². The molecule has 5 aliphatic rings. The normalized spacial score (nSPS) is 27.0. The van der Waals surface area contributed by atoms with Crippen molar-refractivity contribution in [3.8, 4) is 57.1 Å². The van der Waals surface area contributed by atoms with Gasteiger partial charge >= 0.3 is 0 Å². The van der Waals surface area contributed by atoms with Crippen molar-refractivity contribution in [3.63, 3.8) is 0 Å². The van der Waals surface area contributed by atoms with Crippen LogP contribution >= 0.6 is 11.8 Å². The number of ketones is 2. The predicted molar refractivity (Wildman–Crippen MR) is 541 cm³/mol. The number of fused-ring (bicyclic) bond motifs is 6. The van der Waals surface area contributed by atoms with Crippen LogP contribution in [0.5, 0.6) is 46.0 Å². The summed E-state index contributed by atoms with van der Waals surface area (Å²) < 4.78 is 135. The molecule has 3 N–H and O–H groups in total. The van der Waals surface area contributed by atoms with E-state index >= 15 is 9.59 Å². The van der Waals surface area contributed by atoms with Gasteiger partial charge in [-0.1, -0.05) is 110 Å². The van der Waals surface area contributed by atoms with E-state index < -0.39 is 208 Å². The predicted octanol–water partition coefficient (Wildman–Crippen LogP) is 24.2. The summed E-state index contributed by atoms with van der Waals surface area (Å²) in [5.41, 5.74) is -7.00. The Morgan fingerprint density at radius 1 is 0.386 bits per heavy atom. The minimum Gasteiger partial charge on any atom is -0.507 e. The first-order valence-corrected chi connectivity index (χ1v) is 79.5. The lowest BCUT2D eigenvalue weighted by Gasteiger charge is -2.69. The molecule has 0 aromatic heterocycles. The molecule has 3 aromatic rings. The smallest absolute Gasteiger partial charge is 0.201 e. The molecule has 23 nitrogen and oxygen atoms in total. The van der Waals surface area contributed by atoms with E-state index in [1.807, 2.05) is 6.26 Å². The largest absolute Gasteiger partial charge is 0.507 e. The molecule has 726 valence electrons. The zero-order valence-electron chi connectivity index (χ0n) is 87.3. The van der Waals surface area contributed by atoms with Gasteiger partial charge in [0.2, 0.25) is 5.78 Å². The van der Waals surface area contributed by atoms with Crippen LogP contribution in [0.2, 0.25) is 190 Å². The maximum absolute atomic E-state index is 18.7. The Hall–Kier alpha value is -2.76. The average molecular weight is 1970 g/mol. The lowest BCUT2D eigenvalue weighted by molar-refractivity contribution is -0.273. The molecule has 5 aliphatic carbocycles. The Balaban J connectivity index is 1.69. The molecule has 0 saturated heterocycles. The first-order chi connectivity index (χ1) is 57.4. The third-order valence-corrected chi connectivity index (χ3v) is 52.6. The van der Waals surface area contributed by atoms with Gasteiger partial charge in [-0.25, -0.2) is 0 Å². The fourth-order valence-electron chi connectivity index (χ4n) is 19.5. The summed E-state index contributed by atoms with van der Waals surface area (Å²) in [5.74, 6) is -5.58. The number of hydrogen-bond acceptors (Lipinski definition) is 24. The van der Waals surface area contributed by atoms with Gasteiger partial charge in [-0.05, 0) is 222 Å². The molecule has 0 aliphatic heterocycles. The molecular weight excluding hydrogens is 1800 g/mol.